The lowest BCUT2D eigenvalue weighted by atomic mass is 10.1. The highest BCUT2D eigenvalue weighted by Gasteiger charge is 2.16. The molecule has 0 amide bonds. The Hall–Kier alpha value is -3.12. The van der Waals surface area contributed by atoms with Crippen LogP contribution in [0.5, 0.6) is 0 Å². The first-order chi connectivity index (χ1) is 13.2. The summed E-state index contributed by atoms with van der Waals surface area (Å²) in [5.41, 5.74) is 3.64. The van der Waals surface area contributed by atoms with E-state index in [2.05, 4.69) is 27.9 Å². The van der Waals surface area contributed by atoms with Crippen LogP contribution in [0.15, 0.2) is 64.2 Å². The smallest absolute Gasteiger partial charge is 0.344 e. The molecule has 0 saturated carbocycles. The molecule has 0 bridgehead atoms. The zero-order valence-corrected chi connectivity index (χ0v) is 15.1. The molecule has 1 aromatic carbocycles. The first-order valence-electron chi connectivity index (χ1n) is 9.12. The van der Waals surface area contributed by atoms with Crippen LogP contribution in [-0.4, -0.2) is 47.5 Å². The fourth-order valence-electron chi connectivity index (χ4n) is 3.64. The third-order valence-electron chi connectivity index (χ3n) is 5.29. The maximum absolute atomic E-state index is 12.6. The van der Waals surface area contributed by atoms with Crippen LogP contribution >= 0.6 is 0 Å². The van der Waals surface area contributed by atoms with Gasteiger partial charge in [-0.15, -0.1) is 0 Å². The Morgan fingerprint density at radius 2 is 1.89 bits per heavy atom. The molecule has 136 valence electrons. The van der Waals surface area contributed by atoms with Crippen LogP contribution in [0.4, 0.5) is 5.69 Å². The highest BCUT2D eigenvalue weighted by atomic mass is 16.4. The van der Waals surface area contributed by atoms with Crippen molar-refractivity contribution in [2.45, 2.75) is 0 Å². The quantitative estimate of drug-likeness (QED) is 0.515. The fourth-order valence-corrected chi connectivity index (χ4v) is 3.64. The first kappa shape index (κ1) is 16.1. The van der Waals surface area contributed by atoms with Gasteiger partial charge >= 0.3 is 5.63 Å². The van der Waals surface area contributed by atoms with Crippen molar-refractivity contribution >= 4 is 22.3 Å². The molecule has 27 heavy (non-hydrogen) atoms. The molecule has 3 aromatic heterocycles. The van der Waals surface area contributed by atoms with Crippen molar-refractivity contribution in [2.24, 2.45) is 0 Å². The molecule has 1 aliphatic rings. The molecule has 4 aromatic rings. The molecule has 0 aliphatic carbocycles. The molecule has 0 unspecified atom stereocenters. The number of hydrogen-bond acceptors (Lipinski definition) is 5. The number of hydrogen-bond donors (Lipinski definition) is 0. The molecule has 0 atom stereocenters. The third kappa shape index (κ3) is 2.88. The summed E-state index contributed by atoms with van der Waals surface area (Å²) in [5, 5.41) is 0.924. The fraction of sp³-hybridized carbons (Fsp3) is 0.238. The van der Waals surface area contributed by atoms with Gasteiger partial charge in [0.25, 0.3) is 0 Å². The van der Waals surface area contributed by atoms with Crippen molar-refractivity contribution in [1.29, 1.82) is 0 Å². The van der Waals surface area contributed by atoms with Gasteiger partial charge in [-0.05, 0) is 37.4 Å². The van der Waals surface area contributed by atoms with Crippen molar-refractivity contribution < 1.29 is 4.42 Å². The lowest BCUT2D eigenvalue weighted by Gasteiger charge is -2.34. The summed E-state index contributed by atoms with van der Waals surface area (Å²) >= 11 is 0. The summed E-state index contributed by atoms with van der Waals surface area (Å²) in [6.45, 7) is 4.04. The number of imidazole rings is 1. The van der Waals surface area contributed by atoms with E-state index in [1.807, 2.05) is 47.1 Å². The Morgan fingerprint density at radius 3 is 2.74 bits per heavy atom. The minimum Gasteiger partial charge on any atom is -0.422 e. The van der Waals surface area contributed by atoms with Gasteiger partial charge in [-0.3, -0.25) is 0 Å². The summed E-state index contributed by atoms with van der Waals surface area (Å²) in [4.78, 5) is 21.5. The number of nitrogens with zero attached hydrogens (tertiary/aromatic N) is 4. The average Bonchev–Trinajstić information content (AvgIpc) is 3.15. The number of benzene rings is 1. The maximum Gasteiger partial charge on any atom is 0.344 e. The number of pyridine rings is 1. The second kappa shape index (κ2) is 6.25. The zero-order valence-electron chi connectivity index (χ0n) is 15.1. The number of aromatic nitrogens is 2. The van der Waals surface area contributed by atoms with E-state index < -0.39 is 0 Å². The van der Waals surface area contributed by atoms with E-state index in [-0.39, 0.29) is 5.63 Å². The second-order valence-electron chi connectivity index (χ2n) is 7.07. The summed E-state index contributed by atoms with van der Waals surface area (Å²) in [6, 6.07) is 11.8. The van der Waals surface area contributed by atoms with Gasteiger partial charge in [0.05, 0.1) is 5.56 Å². The third-order valence-corrected chi connectivity index (χ3v) is 5.29. The van der Waals surface area contributed by atoms with Crippen LogP contribution in [0.1, 0.15) is 0 Å². The molecule has 0 radical (unpaired) electrons. The number of rotatable bonds is 2. The number of likely N-dealkylation sites (N-methyl/N-ethyl adjacent to an activating group) is 1. The monoisotopic (exact) mass is 360 g/mol. The van der Waals surface area contributed by atoms with E-state index in [4.69, 9.17) is 4.42 Å². The van der Waals surface area contributed by atoms with Crippen molar-refractivity contribution in [3.63, 3.8) is 0 Å². The van der Waals surface area contributed by atoms with E-state index >= 15 is 0 Å². The first-order valence-corrected chi connectivity index (χ1v) is 9.12. The van der Waals surface area contributed by atoms with E-state index in [9.17, 15) is 4.79 Å². The van der Waals surface area contributed by atoms with Gasteiger partial charge in [-0.25, -0.2) is 9.78 Å². The van der Waals surface area contributed by atoms with Gasteiger partial charge in [-0.1, -0.05) is 0 Å². The Kier molecular flexibility index (Phi) is 3.72. The highest BCUT2D eigenvalue weighted by Crippen LogP contribution is 2.26. The topological polar surface area (TPSA) is 54.0 Å². The van der Waals surface area contributed by atoms with Crippen LogP contribution < -0.4 is 10.5 Å². The number of anilines is 1. The molecule has 6 heteroatoms. The molecular formula is C21H20N4O2. The summed E-state index contributed by atoms with van der Waals surface area (Å²) < 4.78 is 7.57. The molecule has 4 heterocycles. The largest absolute Gasteiger partial charge is 0.422 e. The van der Waals surface area contributed by atoms with Gasteiger partial charge in [0, 0.05) is 67.5 Å². The molecular weight excluding hydrogens is 340 g/mol. The predicted octanol–water partition coefficient (Wildman–Crippen LogP) is 2.86. The second-order valence-corrected chi connectivity index (χ2v) is 7.07. The minimum atomic E-state index is -0.322. The van der Waals surface area contributed by atoms with E-state index in [1.165, 1.54) is 0 Å². The zero-order chi connectivity index (χ0) is 18.4. The SMILES string of the molecule is CN1CCN(c2ccc3cc(-c4ccc5nccn5c4)c(=O)oc3c2)CC1. The van der Waals surface area contributed by atoms with E-state index in [1.54, 1.807) is 6.20 Å². The van der Waals surface area contributed by atoms with Crippen LogP contribution in [0.25, 0.3) is 27.7 Å². The Bertz CT molecular complexity index is 1190. The van der Waals surface area contributed by atoms with Crippen molar-refractivity contribution in [3.8, 4) is 11.1 Å². The number of piperazine rings is 1. The molecule has 1 saturated heterocycles. The Morgan fingerprint density at radius 1 is 1.04 bits per heavy atom. The summed E-state index contributed by atoms with van der Waals surface area (Å²) in [7, 11) is 2.14. The van der Waals surface area contributed by atoms with E-state index in [0.29, 0.717) is 11.1 Å². The van der Waals surface area contributed by atoms with Crippen LogP contribution in [0.2, 0.25) is 0 Å². The maximum atomic E-state index is 12.6. The molecule has 1 aliphatic heterocycles. The van der Waals surface area contributed by atoms with Crippen molar-refractivity contribution in [1.82, 2.24) is 14.3 Å². The highest BCUT2D eigenvalue weighted by molar-refractivity contribution is 5.84. The van der Waals surface area contributed by atoms with Crippen molar-refractivity contribution in [2.75, 3.05) is 38.1 Å². The van der Waals surface area contributed by atoms with Crippen LogP contribution in [0.3, 0.4) is 0 Å². The predicted molar refractivity (Wildman–Crippen MR) is 106 cm³/mol. The summed E-state index contributed by atoms with van der Waals surface area (Å²) in [5.74, 6) is 0. The Labute approximate surface area is 156 Å². The normalized spacial score (nSPS) is 15.7. The number of fused-ring (bicyclic) bond motifs is 2. The van der Waals surface area contributed by atoms with Gasteiger partial charge in [0.2, 0.25) is 0 Å². The molecule has 0 N–H and O–H groups in total. The summed E-state index contributed by atoms with van der Waals surface area (Å²) in [6.07, 6.45) is 5.50. The lowest BCUT2D eigenvalue weighted by molar-refractivity contribution is 0.313. The standard InChI is InChI=1S/C21H20N4O2/c1-23-8-10-24(11-9-23)17-4-2-15-12-18(21(26)27-19(15)13-17)16-3-5-20-22-6-7-25(20)14-16/h2-7,12-14H,8-11H2,1H3. The molecule has 5 rings (SSSR count). The van der Waals surface area contributed by atoms with Gasteiger partial charge in [-0.2, -0.15) is 0 Å². The average molecular weight is 360 g/mol. The van der Waals surface area contributed by atoms with Crippen LogP contribution in [0, 0.1) is 0 Å². The molecule has 0 spiro atoms. The molecule has 1 fully saturated rings. The minimum absolute atomic E-state index is 0.322. The van der Waals surface area contributed by atoms with Gasteiger partial charge < -0.3 is 18.6 Å². The van der Waals surface area contributed by atoms with Gasteiger partial charge in [0.15, 0.2) is 0 Å². The lowest BCUT2D eigenvalue weighted by Crippen LogP contribution is -2.44. The Balaban J connectivity index is 1.55. The molecule has 6 nitrogen and oxygen atoms in total. The van der Waals surface area contributed by atoms with Crippen LogP contribution in [-0.2, 0) is 0 Å². The van der Waals surface area contributed by atoms with E-state index in [0.717, 1.165) is 48.5 Å². The van der Waals surface area contributed by atoms with Crippen molar-refractivity contribution in [3.05, 3.63) is 65.4 Å². The van der Waals surface area contributed by atoms with Gasteiger partial charge in [0.1, 0.15) is 11.2 Å².